The monoisotopic (exact) mass is 454 g/mol. The average Bonchev–Trinajstić information content (AvgIpc) is 2.85. The molecule has 0 saturated carbocycles. The lowest BCUT2D eigenvalue weighted by atomic mass is 10.1. The maximum absolute atomic E-state index is 6.28. The van der Waals surface area contributed by atoms with E-state index in [2.05, 4.69) is 61.6 Å². The van der Waals surface area contributed by atoms with E-state index in [0.29, 0.717) is 16.7 Å². The maximum Gasteiger partial charge on any atom is 0.247 e. The van der Waals surface area contributed by atoms with Crippen molar-refractivity contribution in [3.8, 4) is 17.1 Å². The van der Waals surface area contributed by atoms with Crippen LogP contribution in [-0.2, 0) is 0 Å². The highest BCUT2D eigenvalue weighted by Gasteiger charge is 2.26. The quantitative estimate of drug-likeness (QED) is 0.514. The third kappa shape index (κ3) is 4.05. The van der Waals surface area contributed by atoms with E-state index in [0.717, 1.165) is 32.6 Å². The van der Waals surface area contributed by atoms with E-state index in [1.54, 1.807) is 11.8 Å². The number of thioether (sulfide) groups is 1. The normalized spacial score (nSPS) is 15.7. The second kappa shape index (κ2) is 8.32. The van der Waals surface area contributed by atoms with Gasteiger partial charge in [0.15, 0.2) is 11.9 Å². The van der Waals surface area contributed by atoms with Gasteiger partial charge in [-0.15, -0.1) is 10.2 Å². The smallest absolute Gasteiger partial charge is 0.247 e. The molecule has 0 amide bonds. The Morgan fingerprint density at radius 2 is 2.04 bits per heavy atom. The predicted octanol–water partition coefficient (Wildman–Crippen LogP) is 5.65. The zero-order chi connectivity index (χ0) is 19.5. The molecule has 1 aliphatic rings. The first-order valence-corrected chi connectivity index (χ1v) is 10.8. The molecule has 0 fully saturated rings. The van der Waals surface area contributed by atoms with Crippen molar-refractivity contribution in [3.63, 3.8) is 0 Å². The Kier molecular flexibility index (Phi) is 5.64. The molecule has 0 bridgehead atoms. The fraction of sp³-hybridized carbons (Fsp3) is 0.190. The number of rotatable bonds is 4. The Hall–Kier alpha value is -2.38. The average molecular weight is 455 g/mol. The number of nitrogens with one attached hydrogen (secondary N) is 1. The van der Waals surface area contributed by atoms with Gasteiger partial charge in [0, 0.05) is 15.7 Å². The summed E-state index contributed by atoms with van der Waals surface area (Å²) in [4.78, 5) is 4.62. The molecule has 4 rings (SSSR count). The van der Waals surface area contributed by atoms with Crippen molar-refractivity contribution >= 4 is 39.5 Å². The first-order chi connectivity index (χ1) is 13.6. The number of halogens is 1. The Labute approximate surface area is 176 Å². The number of nitrogens with zero attached hydrogens (tertiary/aromatic N) is 3. The molecular weight excluding hydrogens is 436 g/mol. The van der Waals surface area contributed by atoms with Crippen molar-refractivity contribution in [1.82, 2.24) is 15.2 Å². The van der Waals surface area contributed by atoms with Gasteiger partial charge in [-0.2, -0.15) is 4.98 Å². The van der Waals surface area contributed by atoms with Gasteiger partial charge in [-0.25, -0.2) is 0 Å². The molecule has 1 N–H and O–H groups in total. The number of anilines is 1. The van der Waals surface area contributed by atoms with Crippen LogP contribution in [0.5, 0.6) is 5.88 Å². The van der Waals surface area contributed by atoms with Gasteiger partial charge in [0.2, 0.25) is 11.0 Å². The van der Waals surface area contributed by atoms with Crippen LogP contribution in [0.25, 0.3) is 17.3 Å². The molecule has 3 aromatic rings. The van der Waals surface area contributed by atoms with Crippen LogP contribution >= 0.6 is 27.7 Å². The summed E-state index contributed by atoms with van der Waals surface area (Å²) >= 11 is 5.09. The Morgan fingerprint density at radius 3 is 2.82 bits per heavy atom. The third-order valence-corrected chi connectivity index (χ3v) is 5.48. The van der Waals surface area contributed by atoms with Crippen molar-refractivity contribution < 1.29 is 4.74 Å². The van der Waals surface area contributed by atoms with E-state index in [4.69, 9.17) is 4.74 Å². The minimum Gasteiger partial charge on any atom is -0.448 e. The van der Waals surface area contributed by atoms with Crippen LogP contribution in [0.15, 0.2) is 63.7 Å². The molecule has 142 valence electrons. The first-order valence-electron chi connectivity index (χ1n) is 8.98. The van der Waals surface area contributed by atoms with Gasteiger partial charge in [0.05, 0.1) is 0 Å². The molecule has 5 nitrogen and oxygen atoms in total. The second-order valence-corrected chi connectivity index (χ2v) is 8.46. The van der Waals surface area contributed by atoms with Crippen LogP contribution in [0.2, 0.25) is 0 Å². The minimum atomic E-state index is -0.363. The molecule has 1 aromatic heterocycles. The summed E-state index contributed by atoms with van der Waals surface area (Å²) in [5.74, 6) is 1.36. The van der Waals surface area contributed by atoms with E-state index in [1.165, 1.54) is 0 Å². The standard InChI is InChI=1S/C21H19BrN4OS/c1-3-28-21-24-20-18(25-26-21)16-12-15(22)9-10-17(16)23-19(27-20)13(2)11-14-7-5-4-6-8-14/h4-12,19,23H,3H2,1-2H3/b13-11+/t19-/m1/s1. The van der Waals surface area contributed by atoms with Crippen LogP contribution in [0, 0.1) is 0 Å². The molecule has 0 saturated heterocycles. The largest absolute Gasteiger partial charge is 0.448 e. The Bertz CT molecular complexity index is 1030. The molecule has 0 spiro atoms. The minimum absolute atomic E-state index is 0.363. The van der Waals surface area contributed by atoms with Gasteiger partial charge in [0.25, 0.3) is 0 Å². The van der Waals surface area contributed by atoms with E-state index < -0.39 is 0 Å². The number of ether oxygens (including phenoxy) is 1. The van der Waals surface area contributed by atoms with Gasteiger partial charge < -0.3 is 10.1 Å². The van der Waals surface area contributed by atoms with Gasteiger partial charge in [0.1, 0.15) is 0 Å². The molecule has 1 atom stereocenters. The fourth-order valence-corrected chi connectivity index (χ4v) is 3.82. The zero-order valence-electron chi connectivity index (χ0n) is 15.5. The zero-order valence-corrected chi connectivity index (χ0v) is 17.9. The molecule has 7 heteroatoms. The van der Waals surface area contributed by atoms with Crippen LogP contribution in [-0.4, -0.2) is 27.2 Å². The highest BCUT2D eigenvalue weighted by molar-refractivity contribution is 9.10. The Morgan fingerprint density at radius 1 is 1.21 bits per heavy atom. The number of hydrogen-bond donors (Lipinski definition) is 1. The van der Waals surface area contributed by atoms with Crippen LogP contribution in [0.1, 0.15) is 19.4 Å². The predicted molar refractivity (Wildman–Crippen MR) is 117 cm³/mol. The number of fused-ring (bicyclic) bond motifs is 3. The topological polar surface area (TPSA) is 59.9 Å². The summed E-state index contributed by atoms with van der Waals surface area (Å²) in [5.41, 5.74) is 4.64. The van der Waals surface area contributed by atoms with Crippen molar-refractivity contribution in [2.75, 3.05) is 11.1 Å². The summed E-state index contributed by atoms with van der Waals surface area (Å²) in [6.45, 7) is 4.11. The summed E-state index contributed by atoms with van der Waals surface area (Å²) in [7, 11) is 0. The van der Waals surface area contributed by atoms with Gasteiger partial charge in [-0.1, -0.05) is 71.0 Å². The Balaban J connectivity index is 1.79. The summed E-state index contributed by atoms with van der Waals surface area (Å²) < 4.78 is 7.24. The van der Waals surface area contributed by atoms with Gasteiger partial charge >= 0.3 is 0 Å². The van der Waals surface area contributed by atoms with Crippen molar-refractivity contribution in [2.45, 2.75) is 25.2 Å². The number of benzene rings is 2. The second-order valence-electron chi connectivity index (χ2n) is 6.31. The molecule has 0 aliphatic carbocycles. The number of hydrogen-bond acceptors (Lipinski definition) is 6. The first kappa shape index (κ1) is 19.0. The van der Waals surface area contributed by atoms with E-state index in [9.17, 15) is 0 Å². The summed E-state index contributed by atoms with van der Waals surface area (Å²) in [6, 6.07) is 16.2. The van der Waals surface area contributed by atoms with Crippen LogP contribution < -0.4 is 10.1 Å². The van der Waals surface area contributed by atoms with Gasteiger partial charge in [-0.05, 0) is 42.0 Å². The summed E-state index contributed by atoms with van der Waals surface area (Å²) in [6.07, 6.45) is 1.75. The molecule has 1 aliphatic heterocycles. The molecule has 0 unspecified atom stereocenters. The van der Waals surface area contributed by atoms with E-state index in [-0.39, 0.29) is 6.23 Å². The number of aromatic nitrogens is 3. The van der Waals surface area contributed by atoms with Crippen LogP contribution in [0.3, 0.4) is 0 Å². The molecule has 28 heavy (non-hydrogen) atoms. The highest BCUT2D eigenvalue weighted by atomic mass is 79.9. The van der Waals surface area contributed by atoms with Crippen molar-refractivity contribution in [2.24, 2.45) is 0 Å². The summed E-state index contributed by atoms with van der Waals surface area (Å²) in [5, 5.41) is 12.8. The molecular formula is C21H19BrN4OS. The van der Waals surface area contributed by atoms with E-state index in [1.807, 2.05) is 43.3 Å². The molecule has 2 aromatic carbocycles. The van der Waals surface area contributed by atoms with E-state index >= 15 is 0 Å². The lowest BCUT2D eigenvalue weighted by Gasteiger charge is -2.20. The highest BCUT2D eigenvalue weighted by Crippen LogP contribution is 2.38. The lowest BCUT2D eigenvalue weighted by molar-refractivity contribution is 0.255. The molecule has 0 radical (unpaired) electrons. The van der Waals surface area contributed by atoms with Crippen molar-refractivity contribution in [1.29, 1.82) is 0 Å². The van der Waals surface area contributed by atoms with Crippen molar-refractivity contribution in [3.05, 3.63) is 64.1 Å². The SMILES string of the molecule is CCSc1nnc2c(n1)O[C@H](/C(C)=C/c1ccccc1)Nc1ccc(Br)cc1-2. The lowest BCUT2D eigenvalue weighted by Crippen LogP contribution is -2.27. The molecule has 2 heterocycles. The maximum atomic E-state index is 6.28. The van der Waals surface area contributed by atoms with Gasteiger partial charge in [-0.3, -0.25) is 0 Å². The van der Waals surface area contributed by atoms with Crippen LogP contribution in [0.4, 0.5) is 5.69 Å². The fourth-order valence-electron chi connectivity index (χ4n) is 2.95. The third-order valence-electron chi connectivity index (χ3n) is 4.27.